The Bertz CT molecular complexity index is 3200. The summed E-state index contributed by atoms with van der Waals surface area (Å²) in [6.45, 7) is 0. The number of furan rings is 1. The molecule has 0 saturated heterocycles. The van der Waals surface area contributed by atoms with Crippen LogP contribution in [0.3, 0.4) is 0 Å². The number of hydrogen-bond donors (Lipinski definition) is 0. The monoisotopic (exact) mass is 719 g/mol. The van der Waals surface area contributed by atoms with Crippen LogP contribution >= 0.6 is 11.3 Å². The van der Waals surface area contributed by atoms with Crippen LogP contribution in [0.4, 0.5) is 17.1 Å². The molecule has 0 radical (unpaired) electrons. The summed E-state index contributed by atoms with van der Waals surface area (Å²) in [4.78, 5) is 2.37. The third-order valence-electron chi connectivity index (χ3n) is 10.9. The van der Waals surface area contributed by atoms with Crippen molar-refractivity contribution in [2.24, 2.45) is 0 Å². The van der Waals surface area contributed by atoms with Crippen molar-refractivity contribution in [3.05, 3.63) is 200 Å². The molecule has 55 heavy (non-hydrogen) atoms. The summed E-state index contributed by atoms with van der Waals surface area (Å²) >= 11 is 1.86. The molecule has 2 aromatic heterocycles. The van der Waals surface area contributed by atoms with Gasteiger partial charge in [-0.05, 0) is 105 Å². The molecule has 11 aromatic rings. The van der Waals surface area contributed by atoms with Crippen molar-refractivity contribution in [2.45, 2.75) is 0 Å². The molecular formula is C52H33NOS. The fourth-order valence-electron chi connectivity index (χ4n) is 8.32. The number of para-hydroxylation sites is 1. The van der Waals surface area contributed by atoms with Crippen LogP contribution in [-0.2, 0) is 0 Å². The highest BCUT2D eigenvalue weighted by atomic mass is 32.1. The molecule has 11 rings (SSSR count). The number of hydrogen-bond acceptors (Lipinski definition) is 3. The summed E-state index contributed by atoms with van der Waals surface area (Å²) in [7, 11) is 0. The first-order valence-electron chi connectivity index (χ1n) is 18.7. The van der Waals surface area contributed by atoms with Gasteiger partial charge in [0.05, 0.1) is 11.1 Å². The van der Waals surface area contributed by atoms with Gasteiger partial charge in [0.1, 0.15) is 11.2 Å². The lowest BCUT2D eigenvalue weighted by Crippen LogP contribution is -2.10. The summed E-state index contributed by atoms with van der Waals surface area (Å²) in [5, 5.41) is 7.35. The van der Waals surface area contributed by atoms with E-state index in [-0.39, 0.29) is 0 Å². The molecule has 9 aromatic carbocycles. The van der Waals surface area contributed by atoms with Crippen LogP contribution in [0.1, 0.15) is 0 Å². The predicted octanol–water partition coefficient (Wildman–Crippen LogP) is 15.6. The summed E-state index contributed by atoms with van der Waals surface area (Å²) in [6, 6.07) is 72.2. The van der Waals surface area contributed by atoms with E-state index in [2.05, 4.69) is 193 Å². The van der Waals surface area contributed by atoms with Gasteiger partial charge in [-0.1, -0.05) is 140 Å². The van der Waals surface area contributed by atoms with E-state index in [9.17, 15) is 0 Å². The molecule has 0 saturated carbocycles. The standard InChI is InChI=1S/C52H33NOS/c1-2-15-41-35(11-1)12-8-18-42(41)38-14-7-13-37(33-38)34-25-29-39(30-26-34)53(46-20-10-22-48-52(46)44-16-3-5-21-47(44)54-48)40-31-27-36(28-32-40)43-19-9-24-50-51(43)45-17-4-6-23-49(45)55-50/h1-33H. The van der Waals surface area contributed by atoms with E-state index in [1.807, 2.05) is 23.5 Å². The average molecular weight is 720 g/mol. The number of thiophene rings is 1. The zero-order valence-corrected chi connectivity index (χ0v) is 30.6. The van der Waals surface area contributed by atoms with Gasteiger partial charge in [0.2, 0.25) is 0 Å². The van der Waals surface area contributed by atoms with Gasteiger partial charge in [-0.2, -0.15) is 0 Å². The zero-order chi connectivity index (χ0) is 36.3. The second-order valence-corrected chi connectivity index (χ2v) is 15.1. The second-order valence-electron chi connectivity index (χ2n) is 14.1. The Kier molecular flexibility index (Phi) is 7.39. The van der Waals surface area contributed by atoms with Crippen LogP contribution in [0.2, 0.25) is 0 Å². The molecule has 0 unspecified atom stereocenters. The highest BCUT2D eigenvalue weighted by molar-refractivity contribution is 7.25. The minimum atomic E-state index is 0.873. The molecule has 2 nitrogen and oxygen atoms in total. The van der Waals surface area contributed by atoms with Crippen molar-refractivity contribution in [2.75, 3.05) is 4.90 Å². The molecule has 0 amide bonds. The van der Waals surface area contributed by atoms with E-state index >= 15 is 0 Å². The minimum Gasteiger partial charge on any atom is -0.456 e. The van der Waals surface area contributed by atoms with Crippen molar-refractivity contribution in [1.82, 2.24) is 0 Å². The average Bonchev–Trinajstić information content (AvgIpc) is 3.83. The lowest BCUT2D eigenvalue weighted by atomic mass is 9.95. The second kappa shape index (κ2) is 12.9. The molecule has 0 spiro atoms. The molecule has 0 N–H and O–H groups in total. The normalized spacial score (nSPS) is 11.6. The molecular weight excluding hydrogens is 687 g/mol. The zero-order valence-electron chi connectivity index (χ0n) is 29.8. The van der Waals surface area contributed by atoms with Crippen LogP contribution in [-0.4, -0.2) is 0 Å². The van der Waals surface area contributed by atoms with Crippen molar-refractivity contribution in [1.29, 1.82) is 0 Å². The van der Waals surface area contributed by atoms with E-state index in [1.54, 1.807) is 0 Å². The van der Waals surface area contributed by atoms with Crippen LogP contribution in [0, 0.1) is 0 Å². The van der Waals surface area contributed by atoms with Crippen LogP contribution in [0.5, 0.6) is 0 Å². The van der Waals surface area contributed by atoms with E-state index in [1.165, 1.54) is 64.3 Å². The third kappa shape index (κ3) is 5.32. The van der Waals surface area contributed by atoms with E-state index < -0.39 is 0 Å². The van der Waals surface area contributed by atoms with Gasteiger partial charge in [0.25, 0.3) is 0 Å². The molecule has 3 heteroatoms. The Morgan fingerprint density at radius 1 is 0.364 bits per heavy atom. The molecule has 258 valence electrons. The van der Waals surface area contributed by atoms with Gasteiger partial charge in [0, 0.05) is 36.9 Å². The van der Waals surface area contributed by atoms with E-state index in [0.717, 1.165) is 39.0 Å². The first kappa shape index (κ1) is 31.6. The fourth-order valence-corrected chi connectivity index (χ4v) is 9.45. The van der Waals surface area contributed by atoms with Gasteiger partial charge < -0.3 is 9.32 Å². The van der Waals surface area contributed by atoms with E-state index in [4.69, 9.17) is 4.42 Å². The summed E-state index contributed by atoms with van der Waals surface area (Å²) in [5.41, 5.74) is 12.3. The van der Waals surface area contributed by atoms with E-state index in [0.29, 0.717) is 0 Å². The Hall–Kier alpha value is -6.94. The highest BCUT2D eigenvalue weighted by Crippen LogP contribution is 2.45. The van der Waals surface area contributed by atoms with Gasteiger partial charge in [0.15, 0.2) is 0 Å². The SMILES string of the molecule is c1cc(-c2ccc(N(c3ccc(-c4cccc5sc6ccccc6c45)cc3)c3cccc4oc5ccccc5c34)cc2)cc(-c2cccc3ccccc23)c1. The maximum absolute atomic E-state index is 6.39. The predicted molar refractivity (Wildman–Crippen MR) is 235 cm³/mol. The van der Waals surface area contributed by atoms with Crippen molar-refractivity contribution in [3.8, 4) is 33.4 Å². The maximum atomic E-state index is 6.39. The van der Waals surface area contributed by atoms with Gasteiger partial charge in [-0.25, -0.2) is 0 Å². The molecule has 0 atom stereocenters. The van der Waals surface area contributed by atoms with Gasteiger partial charge >= 0.3 is 0 Å². The molecule has 2 heterocycles. The quantitative estimate of drug-likeness (QED) is 0.170. The first-order chi connectivity index (χ1) is 27.3. The summed E-state index contributed by atoms with van der Waals surface area (Å²) in [5.74, 6) is 0. The number of nitrogens with zero attached hydrogens (tertiary/aromatic N) is 1. The summed E-state index contributed by atoms with van der Waals surface area (Å²) < 4.78 is 9.01. The largest absolute Gasteiger partial charge is 0.456 e. The first-order valence-corrected chi connectivity index (χ1v) is 19.5. The Balaban J connectivity index is 1.03. The fraction of sp³-hybridized carbons (Fsp3) is 0. The number of rotatable bonds is 6. The topological polar surface area (TPSA) is 16.4 Å². The van der Waals surface area contributed by atoms with Crippen LogP contribution in [0.15, 0.2) is 205 Å². The van der Waals surface area contributed by atoms with Crippen LogP contribution in [0.25, 0.3) is 86.3 Å². The maximum Gasteiger partial charge on any atom is 0.137 e. The molecule has 0 aliphatic rings. The number of anilines is 3. The van der Waals surface area contributed by atoms with Crippen molar-refractivity contribution in [3.63, 3.8) is 0 Å². The van der Waals surface area contributed by atoms with Gasteiger partial charge in [-0.3, -0.25) is 0 Å². The lowest BCUT2D eigenvalue weighted by Gasteiger charge is -2.26. The number of benzene rings is 9. The van der Waals surface area contributed by atoms with Crippen molar-refractivity contribution < 1.29 is 4.42 Å². The Labute approximate surface area is 322 Å². The number of fused-ring (bicyclic) bond motifs is 7. The molecule has 0 bridgehead atoms. The minimum absolute atomic E-state index is 0.873. The van der Waals surface area contributed by atoms with Crippen LogP contribution < -0.4 is 4.90 Å². The molecule has 0 aliphatic carbocycles. The highest BCUT2D eigenvalue weighted by Gasteiger charge is 2.20. The molecule has 0 fully saturated rings. The Morgan fingerprint density at radius 2 is 0.964 bits per heavy atom. The van der Waals surface area contributed by atoms with Crippen molar-refractivity contribution >= 4 is 81.3 Å². The summed E-state index contributed by atoms with van der Waals surface area (Å²) in [6.07, 6.45) is 0. The Morgan fingerprint density at radius 3 is 1.82 bits per heavy atom. The molecule has 0 aliphatic heterocycles. The third-order valence-corrected chi connectivity index (χ3v) is 12.0. The smallest absolute Gasteiger partial charge is 0.137 e. The van der Waals surface area contributed by atoms with Gasteiger partial charge in [-0.15, -0.1) is 11.3 Å². The lowest BCUT2D eigenvalue weighted by molar-refractivity contribution is 0.669.